The minimum atomic E-state index is -1.12. The number of benzene rings is 1. The van der Waals surface area contributed by atoms with Gasteiger partial charge in [-0.25, -0.2) is 0 Å². The van der Waals surface area contributed by atoms with Gasteiger partial charge in [-0.05, 0) is 43.2 Å². The van der Waals surface area contributed by atoms with Crippen molar-refractivity contribution < 1.29 is 28.8 Å². The molecule has 1 fully saturated rings. The minimum absolute atomic E-state index is 0.0242. The van der Waals surface area contributed by atoms with Crippen LogP contribution >= 0.6 is 0 Å². The third kappa shape index (κ3) is 10.8. The van der Waals surface area contributed by atoms with E-state index in [-0.39, 0.29) is 50.0 Å². The van der Waals surface area contributed by atoms with Gasteiger partial charge in [-0.3, -0.25) is 33.8 Å². The predicted molar refractivity (Wildman–Crippen MR) is 171 cm³/mol. The topological polar surface area (TPSA) is 269 Å². The second-order valence-electron chi connectivity index (χ2n) is 11.7. The number of aromatic amines is 1. The van der Waals surface area contributed by atoms with Gasteiger partial charge >= 0.3 is 0 Å². The SMILES string of the molecule is CC(C)C[C@H](NC(=O)CNC(=O)[C@@H]1CCC(=O)N1)C(=O)N[C@@H](CCCN=C(N)N)C(=O)N[C@@H](Cc1c[nH]c2ccccc12)C(N)=O. The highest BCUT2D eigenvalue weighted by Gasteiger charge is 2.31. The summed E-state index contributed by atoms with van der Waals surface area (Å²) in [6.45, 7) is 3.49. The summed E-state index contributed by atoms with van der Waals surface area (Å²) in [5, 5.41) is 13.8. The third-order valence-electron chi connectivity index (χ3n) is 7.43. The molecule has 1 aromatic carbocycles. The number of fused-ring (bicyclic) bond motifs is 1. The summed E-state index contributed by atoms with van der Waals surface area (Å²) in [6.07, 6.45) is 3.07. The number of aromatic nitrogens is 1. The lowest BCUT2D eigenvalue weighted by molar-refractivity contribution is -0.134. The molecule has 4 atom stereocenters. The molecule has 2 heterocycles. The Balaban J connectivity index is 1.69. The van der Waals surface area contributed by atoms with Gasteiger partial charge in [0, 0.05) is 36.5 Å². The van der Waals surface area contributed by atoms with Gasteiger partial charge < -0.3 is 48.8 Å². The molecular weight excluding hydrogens is 596 g/mol. The van der Waals surface area contributed by atoms with Crippen LogP contribution < -0.4 is 43.8 Å². The molecule has 0 saturated carbocycles. The first kappa shape index (κ1) is 35.3. The van der Waals surface area contributed by atoms with E-state index in [0.717, 1.165) is 16.5 Å². The predicted octanol–water partition coefficient (Wildman–Crippen LogP) is -1.86. The van der Waals surface area contributed by atoms with Crippen LogP contribution in [0.2, 0.25) is 0 Å². The van der Waals surface area contributed by atoms with Crippen molar-refractivity contribution in [1.29, 1.82) is 0 Å². The number of H-pyrrole nitrogens is 1. The lowest BCUT2D eigenvalue weighted by Crippen LogP contribution is -2.57. The zero-order valence-corrected chi connectivity index (χ0v) is 26.1. The lowest BCUT2D eigenvalue weighted by Gasteiger charge is -2.25. The van der Waals surface area contributed by atoms with Crippen LogP contribution in [0.5, 0.6) is 0 Å². The summed E-state index contributed by atoms with van der Waals surface area (Å²) < 4.78 is 0. The normalized spacial score (nSPS) is 16.2. The summed E-state index contributed by atoms with van der Waals surface area (Å²) >= 11 is 0. The van der Waals surface area contributed by atoms with Crippen molar-refractivity contribution in [2.75, 3.05) is 13.1 Å². The minimum Gasteiger partial charge on any atom is -0.370 e. The molecule has 1 aliphatic rings. The van der Waals surface area contributed by atoms with Crippen LogP contribution in [0, 0.1) is 5.92 Å². The Kier molecular flexibility index (Phi) is 12.9. The summed E-state index contributed by atoms with van der Waals surface area (Å²) in [6, 6.07) is 3.54. The van der Waals surface area contributed by atoms with E-state index in [1.807, 2.05) is 38.1 Å². The van der Waals surface area contributed by atoms with Gasteiger partial charge in [0.05, 0.1) is 6.54 Å². The number of nitrogens with two attached hydrogens (primary N) is 3. The third-order valence-corrected chi connectivity index (χ3v) is 7.43. The van der Waals surface area contributed by atoms with Crippen LogP contribution in [0.4, 0.5) is 0 Å². The number of primary amides is 1. The Morgan fingerprint density at radius 1 is 0.978 bits per heavy atom. The summed E-state index contributed by atoms with van der Waals surface area (Å²) in [7, 11) is 0. The number of hydrogen-bond acceptors (Lipinski definition) is 7. The van der Waals surface area contributed by atoms with Crippen molar-refractivity contribution in [3.05, 3.63) is 36.0 Å². The van der Waals surface area contributed by atoms with Crippen LogP contribution in [0.1, 0.15) is 51.5 Å². The highest BCUT2D eigenvalue weighted by Crippen LogP contribution is 2.19. The van der Waals surface area contributed by atoms with Crippen molar-refractivity contribution in [2.24, 2.45) is 28.1 Å². The van der Waals surface area contributed by atoms with Gasteiger partial charge in [0.2, 0.25) is 35.4 Å². The molecule has 1 saturated heterocycles. The second kappa shape index (κ2) is 16.8. The van der Waals surface area contributed by atoms with Crippen LogP contribution in [0.25, 0.3) is 10.9 Å². The van der Waals surface area contributed by atoms with Gasteiger partial charge in [0.1, 0.15) is 24.2 Å². The molecule has 0 spiro atoms. The first-order valence-corrected chi connectivity index (χ1v) is 15.2. The van der Waals surface area contributed by atoms with Gasteiger partial charge in [-0.15, -0.1) is 0 Å². The van der Waals surface area contributed by atoms with Gasteiger partial charge in [0.15, 0.2) is 5.96 Å². The zero-order chi connectivity index (χ0) is 33.8. The number of aliphatic imine (C=N–C) groups is 1. The molecule has 6 amide bonds. The smallest absolute Gasteiger partial charge is 0.243 e. The Morgan fingerprint density at radius 3 is 2.33 bits per heavy atom. The molecule has 2 aromatic rings. The number of carbonyl (C=O) groups excluding carboxylic acids is 6. The van der Waals surface area contributed by atoms with Crippen LogP contribution in [-0.4, -0.2) is 83.6 Å². The molecular formula is C30H44N10O6. The zero-order valence-electron chi connectivity index (χ0n) is 26.1. The average Bonchev–Trinajstić information content (AvgIpc) is 3.62. The van der Waals surface area contributed by atoms with E-state index < -0.39 is 60.2 Å². The quantitative estimate of drug-likeness (QED) is 0.0536. The summed E-state index contributed by atoms with van der Waals surface area (Å²) in [4.78, 5) is 82.8. The number of hydrogen-bond donors (Lipinski definition) is 9. The fraction of sp³-hybridized carbons (Fsp3) is 0.500. The fourth-order valence-corrected chi connectivity index (χ4v) is 5.11. The monoisotopic (exact) mass is 640 g/mol. The van der Waals surface area contributed by atoms with E-state index in [9.17, 15) is 28.8 Å². The van der Waals surface area contributed by atoms with Crippen LogP contribution in [0.3, 0.4) is 0 Å². The highest BCUT2D eigenvalue weighted by atomic mass is 16.2. The van der Waals surface area contributed by atoms with Crippen LogP contribution in [0.15, 0.2) is 35.5 Å². The molecule has 3 rings (SSSR count). The summed E-state index contributed by atoms with van der Waals surface area (Å²) in [5.41, 5.74) is 18.1. The Labute approximate surface area is 266 Å². The molecule has 1 aliphatic heterocycles. The first-order chi connectivity index (χ1) is 21.8. The Morgan fingerprint density at radius 2 is 1.67 bits per heavy atom. The lowest BCUT2D eigenvalue weighted by atomic mass is 10.0. The number of para-hydroxylation sites is 1. The maximum absolute atomic E-state index is 13.5. The van der Waals surface area contributed by atoms with Gasteiger partial charge in [-0.1, -0.05) is 32.0 Å². The number of guanidine groups is 1. The highest BCUT2D eigenvalue weighted by molar-refractivity contribution is 5.96. The number of nitrogens with zero attached hydrogens (tertiary/aromatic N) is 1. The molecule has 16 nitrogen and oxygen atoms in total. The molecule has 0 radical (unpaired) electrons. The van der Waals surface area contributed by atoms with Gasteiger partial charge in [0.25, 0.3) is 0 Å². The van der Waals surface area contributed by atoms with Crippen molar-refractivity contribution in [1.82, 2.24) is 31.6 Å². The van der Waals surface area contributed by atoms with Gasteiger partial charge in [-0.2, -0.15) is 0 Å². The molecule has 12 N–H and O–H groups in total. The van der Waals surface area contributed by atoms with Crippen molar-refractivity contribution in [3.8, 4) is 0 Å². The number of carbonyl (C=O) groups is 6. The van der Waals surface area contributed by atoms with Crippen LogP contribution in [-0.2, 0) is 35.2 Å². The average molecular weight is 641 g/mol. The number of amides is 6. The van der Waals surface area contributed by atoms with Crippen molar-refractivity contribution in [3.63, 3.8) is 0 Å². The standard InChI is InChI=1S/C30H44N10O6/c1-16(2)12-23(38-25(42)15-36-27(44)21-9-10-24(41)37-21)29(46)39-20(8-5-11-34-30(32)33)28(45)40-22(26(31)43)13-17-14-35-19-7-4-3-6-18(17)19/h3-4,6-7,14,16,20-23,35H,5,8-13,15H2,1-2H3,(H2,31,43)(H,36,44)(H,37,41)(H,38,42)(H,39,46)(H,40,45)(H4,32,33,34)/t20-,21-,22-,23-/m0/s1. The maximum atomic E-state index is 13.5. The number of rotatable bonds is 17. The molecule has 250 valence electrons. The Hall–Kier alpha value is -5.15. The van der Waals surface area contributed by atoms with E-state index in [0.29, 0.717) is 12.8 Å². The molecule has 0 aliphatic carbocycles. The fourth-order valence-electron chi connectivity index (χ4n) is 5.11. The van der Waals surface area contributed by atoms with E-state index >= 15 is 0 Å². The van der Waals surface area contributed by atoms with Crippen molar-refractivity contribution >= 4 is 52.3 Å². The second-order valence-corrected chi connectivity index (χ2v) is 11.7. The molecule has 1 aromatic heterocycles. The van der Waals surface area contributed by atoms with Crippen molar-refractivity contribution in [2.45, 2.75) is 76.5 Å². The molecule has 46 heavy (non-hydrogen) atoms. The number of nitrogens with one attached hydrogen (secondary N) is 6. The van der Waals surface area contributed by atoms with E-state index in [2.05, 4.69) is 36.6 Å². The molecule has 16 heteroatoms. The maximum Gasteiger partial charge on any atom is 0.243 e. The van der Waals surface area contributed by atoms with E-state index in [4.69, 9.17) is 17.2 Å². The first-order valence-electron chi connectivity index (χ1n) is 15.2. The largest absolute Gasteiger partial charge is 0.370 e. The molecule has 0 unspecified atom stereocenters. The van der Waals surface area contributed by atoms with E-state index in [1.54, 1.807) is 6.20 Å². The Bertz CT molecular complexity index is 1450. The summed E-state index contributed by atoms with van der Waals surface area (Å²) in [5.74, 6) is -3.56. The van der Waals surface area contributed by atoms with E-state index in [1.165, 1.54) is 0 Å². The molecule has 0 bridgehead atoms.